The van der Waals surface area contributed by atoms with Crippen molar-refractivity contribution in [3.63, 3.8) is 0 Å². The van der Waals surface area contributed by atoms with Crippen molar-refractivity contribution in [3.05, 3.63) is 100 Å². The van der Waals surface area contributed by atoms with Gasteiger partial charge in [-0.15, -0.1) is 0 Å². The van der Waals surface area contributed by atoms with Crippen molar-refractivity contribution in [1.82, 2.24) is 20.2 Å². The molecule has 8 nitrogen and oxygen atoms in total. The highest BCUT2D eigenvalue weighted by Crippen LogP contribution is 2.31. The van der Waals surface area contributed by atoms with Gasteiger partial charge in [-0.05, 0) is 99.5 Å². The fourth-order valence-corrected chi connectivity index (χ4v) is 5.36. The molecule has 2 atom stereocenters. The third-order valence-corrected chi connectivity index (χ3v) is 8.22. The van der Waals surface area contributed by atoms with Crippen LogP contribution in [0.4, 0.5) is 11.4 Å². The van der Waals surface area contributed by atoms with E-state index in [-0.39, 0.29) is 31.3 Å². The van der Waals surface area contributed by atoms with Crippen LogP contribution in [0.2, 0.25) is 10.0 Å². The molecule has 0 unspecified atom stereocenters. The molecule has 47 heavy (non-hydrogen) atoms. The zero-order valence-electron chi connectivity index (χ0n) is 27.5. The van der Waals surface area contributed by atoms with Crippen molar-refractivity contribution in [2.24, 2.45) is 4.99 Å². The summed E-state index contributed by atoms with van der Waals surface area (Å²) in [6.45, 7) is 10.3. The smallest absolute Gasteiger partial charge is 0.0900 e. The van der Waals surface area contributed by atoms with Crippen LogP contribution in [-0.4, -0.2) is 64.2 Å². The first-order valence-corrected chi connectivity index (χ1v) is 17.0. The number of aliphatic hydroxyl groups is 2. The number of nitrogens with zero attached hydrogens (tertiary/aromatic N) is 3. The van der Waals surface area contributed by atoms with Gasteiger partial charge in [-0.1, -0.05) is 49.2 Å². The summed E-state index contributed by atoms with van der Waals surface area (Å²) in [4.78, 5) is 9.87. The maximum Gasteiger partial charge on any atom is 0.0900 e. The summed E-state index contributed by atoms with van der Waals surface area (Å²) >= 11 is 12.2. The van der Waals surface area contributed by atoms with Gasteiger partial charge in [0.1, 0.15) is 0 Å². The lowest BCUT2D eigenvalue weighted by atomic mass is 10.1. The Hall–Kier alpha value is -3.50. The number of halogens is 2. The van der Waals surface area contributed by atoms with E-state index in [2.05, 4.69) is 52.6 Å². The average Bonchev–Trinajstić information content (AvgIpc) is 3.07. The van der Waals surface area contributed by atoms with Gasteiger partial charge in [0.2, 0.25) is 0 Å². The minimum Gasteiger partial charge on any atom is -0.395 e. The Morgan fingerprint density at radius 3 is 1.91 bits per heavy atom. The predicted molar refractivity (Wildman–Crippen MR) is 196 cm³/mol. The number of rotatable bonds is 13. The third-order valence-electron chi connectivity index (χ3n) is 7.72. The van der Waals surface area contributed by atoms with Gasteiger partial charge in [-0.3, -0.25) is 4.99 Å². The molecule has 0 bridgehead atoms. The summed E-state index contributed by atoms with van der Waals surface area (Å²) < 4.78 is 2.21. The number of aliphatic hydroxyl groups excluding tert-OH is 2. The van der Waals surface area contributed by atoms with Crippen LogP contribution in [-0.2, 0) is 0 Å². The number of para-hydroxylation sites is 2. The molecular formula is C37H46Cl2N6O2. The van der Waals surface area contributed by atoms with E-state index < -0.39 is 0 Å². The highest BCUT2D eigenvalue weighted by Gasteiger charge is 2.17. The molecule has 0 amide bonds. The fourth-order valence-electron chi connectivity index (χ4n) is 5.11. The molecule has 0 fully saturated rings. The summed E-state index contributed by atoms with van der Waals surface area (Å²) in [5.41, 5.74) is 6.60. The second-order valence-corrected chi connectivity index (χ2v) is 12.5. The molecule has 250 valence electrons. The molecule has 5 rings (SSSR count). The molecule has 0 radical (unpaired) electrons. The van der Waals surface area contributed by atoms with Gasteiger partial charge < -0.3 is 30.7 Å². The second-order valence-electron chi connectivity index (χ2n) is 11.6. The molecule has 1 heterocycles. The Balaban J connectivity index is 0.000000304. The molecule has 5 N–H and O–H groups in total. The maximum absolute atomic E-state index is 8.90. The average molecular weight is 678 g/mol. The molecule has 0 saturated heterocycles. The van der Waals surface area contributed by atoms with Crippen LogP contribution >= 0.6 is 23.2 Å². The molecule has 10 heteroatoms. The Kier molecular flexibility index (Phi) is 14.0. The summed E-state index contributed by atoms with van der Waals surface area (Å²) in [7, 11) is 0. The normalized spacial score (nSPS) is 13.1. The lowest BCUT2D eigenvalue weighted by Crippen LogP contribution is -2.40. The van der Waals surface area contributed by atoms with E-state index in [1.54, 1.807) is 0 Å². The van der Waals surface area contributed by atoms with E-state index in [1.807, 2.05) is 80.6 Å². The lowest BCUT2D eigenvalue weighted by Gasteiger charge is -2.20. The SMILES string of the molecule is CC(C)N=c1cc2n(-c3ccc(Cl)cc3)c3ccccc3nc-2cc1Nc1ccc(Cl)cc1.CC[C@@H](CO)NCCN[C@@H](CC)CO. The first-order valence-electron chi connectivity index (χ1n) is 16.2. The maximum atomic E-state index is 8.90. The van der Waals surface area contributed by atoms with Crippen LogP contribution < -0.4 is 21.3 Å². The summed E-state index contributed by atoms with van der Waals surface area (Å²) in [6, 6.07) is 28.3. The topological polar surface area (TPSA) is 107 Å². The molecule has 3 aromatic carbocycles. The van der Waals surface area contributed by atoms with Crippen LogP contribution in [0.15, 0.2) is 89.9 Å². The number of hydrogen-bond acceptors (Lipinski definition) is 7. The van der Waals surface area contributed by atoms with E-state index in [4.69, 9.17) is 43.4 Å². The third kappa shape index (κ3) is 10.2. The van der Waals surface area contributed by atoms with Crippen molar-refractivity contribution in [2.75, 3.05) is 31.6 Å². The van der Waals surface area contributed by atoms with Crippen LogP contribution in [0.3, 0.4) is 0 Å². The van der Waals surface area contributed by atoms with E-state index in [9.17, 15) is 0 Å². The van der Waals surface area contributed by atoms with Gasteiger partial charge in [0.15, 0.2) is 0 Å². The van der Waals surface area contributed by atoms with Gasteiger partial charge in [0.05, 0.1) is 46.7 Å². The number of benzene rings is 4. The van der Waals surface area contributed by atoms with E-state index in [0.717, 1.165) is 70.8 Å². The van der Waals surface area contributed by atoms with Crippen molar-refractivity contribution >= 4 is 45.6 Å². The fraction of sp³-hybridized carbons (Fsp3) is 0.351. The number of fused-ring (bicyclic) bond motifs is 2. The minimum absolute atomic E-state index is 0.130. The summed E-state index contributed by atoms with van der Waals surface area (Å²) in [5, 5.41) is 30.0. The van der Waals surface area contributed by atoms with E-state index >= 15 is 0 Å². The summed E-state index contributed by atoms with van der Waals surface area (Å²) in [6.07, 6.45) is 1.88. The van der Waals surface area contributed by atoms with Gasteiger partial charge in [0, 0.05) is 52.6 Å². The number of aromatic nitrogens is 2. The van der Waals surface area contributed by atoms with Crippen molar-refractivity contribution in [1.29, 1.82) is 0 Å². The van der Waals surface area contributed by atoms with Gasteiger partial charge >= 0.3 is 0 Å². The highest BCUT2D eigenvalue weighted by atomic mass is 35.5. The van der Waals surface area contributed by atoms with Crippen LogP contribution in [0.5, 0.6) is 0 Å². The lowest BCUT2D eigenvalue weighted by molar-refractivity contribution is 0.229. The zero-order valence-corrected chi connectivity index (χ0v) is 29.1. The Labute approximate surface area is 287 Å². The Morgan fingerprint density at radius 2 is 1.36 bits per heavy atom. The largest absolute Gasteiger partial charge is 0.395 e. The van der Waals surface area contributed by atoms with Crippen LogP contribution in [0.25, 0.3) is 28.1 Å². The number of hydrogen-bond donors (Lipinski definition) is 5. The van der Waals surface area contributed by atoms with Crippen molar-refractivity contribution < 1.29 is 10.2 Å². The number of anilines is 2. The number of nitrogens with one attached hydrogen (secondary N) is 3. The van der Waals surface area contributed by atoms with Crippen molar-refractivity contribution in [3.8, 4) is 17.1 Å². The molecule has 0 spiro atoms. The highest BCUT2D eigenvalue weighted by molar-refractivity contribution is 6.30. The molecular weight excluding hydrogens is 631 g/mol. The van der Waals surface area contributed by atoms with Gasteiger partial charge in [-0.25, -0.2) is 4.98 Å². The van der Waals surface area contributed by atoms with Gasteiger partial charge in [0.25, 0.3) is 0 Å². The quantitative estimate of drug-likeness (QED) is 0.0667. The molecule has 1 aliphatic heterocycles. The summed E-state index contributed by atoms with van der Waals surface area (Å²) in [5.74, 6) is 0. The first kappa shape index (κ1) is 36.3. The zero-order chi connectivity index (χ0) is 33.8. The van der Waals surface area contributed by atoms with E-state index in [0.29, 0.717) is 10.0 Å². The van der Waals surface area contributed by atoms with Crippen LogP contribution in [0.1, 0.15) is 40.5 Å². The Morgan fingerprint density at radius 1 is 0.787 bits per heavy atom. The Bertz CT molecular complexity index is 1700. The molecule has 3 aromatic rings. The first-order chi connectivity index (χ1) is 22.8. The second kappa shape index (κ2) is 18.2. The molecule has 2 aliphatic rings. The van der Waals surface area contributed by atoms with Gasteiger partial charge in [-0.2, -0.15) is 0 Å². The molecule has 1 aliphatic carbocycles. The predicted octanol–water partition coefficient (Wildman–Crippen LogP) is 7.20. The molecule has 0 aromatic heterocycles. The standard InChI is InChI=1S/C27H22Cl2N4.C10H24N2O2/c1-17(2)30-24-16-27-25(15-23(24)31-20-11-7-18(28)8-12-20)32-22-5-3-4-6-26(22)33(27)21-13-9-19(29)10-14-21;1-3-9(7-13)11-5-6-12-10(4-2)8-14/h3-17,31H,1-2H3;9-14H,3-8H2,1-2H3/t;9-,10-/m.0/s1. The minimum atomic E-state index is 0.130. The van der Waals surface area contributed by atoms with Crippen LogP contribution in [0, 0.1) is 0 Å². The van der Waals surface area contributed by atoms with E-state index in [1.165, 1.54) is 0 Å². The van der Waals surface area contributed by atoms with Crippen molar-refractivity contribution in [2.45, 2.75) is 58.7 Å². The molecule has 0 saturated carbocycles. The monoisotopic (exact) mass is 676 g/mol.